The van der Waals surface area contributed by atoms with Crippen molar-refractivity contribution < 1.29 is 18.7 Å². The Hall–Kier alpha value is -3.55. The lowest BCUT2D eigenvalue weighted by molar-refractivity contribution is -0.128. The summed E-state index contributed by atoms with van der Waals surface area (Å²) in [4.78, 5) is 38.6. The Balaban J connectivity index is 1.57. The molecule has 1 aromatic heterocycles. The van der Waals surface area contributed by atoms with Gasteiger partial charge in [0.1, 0.15) is 5.75 Å². The van der Waals surface area contributed by atoms with Gasteiger partial charge in [0.05, 0.1) is 17.7 Å². The summed E-state index contributed by atoms with van der Waals surface area (Å²) in [6.45, 7) is 0.287. The monoisotopic (exact) mass is 381 g/mol. The standard InChI is InChI=1S/C20H19N3O5/c1-21-19(25)17-12-23(14-7-3-4-8-15(14)27-17)18(24)10-11-22-13-6-2-5-9-16(13)28-20(22)26/h2-9,17H,10-12H2,1H3,(H,21,25)/t17-/m1/s1. The van der Waals surface area contributed by atoms with E-state index in [2.05, 4.69) is 5.32 Å². The summed E-state index contributed by atoms with van der Waals surface area (Å²) in [6.07, 6.45) is -0.709. The number of benzene rings is 2. The van der Waals surface area contributed by atoms with Gasteiger partial charge in [-0.15, -0.1) is 0 Å². The Bertz CT molecular complexity index is 1100. The van der Waals surface area contributed by atoms with Crippen LogP contribution in [-0.2, 0) is 16.1 Å². The molecule has 0 aliphatic carbocycles. The average Bonchev–Trinajstić information content (AvgIpc) is 3.05. The maximum absolute atomic E-state index is 13.0. The number of aryl methyl sites for hydroxylation is 1. The fourth-order valence-corrected chi connectivity index (χ4v) is 3.34. The van der Waals surface area contributed by atoms with Gasteiger partial charge in [0, 0.05) is 20.0 Å². The van der Waals surface area contributed by atoms with Crippen LogP contribution >= 0.6 is 0 Å². The summed E-state index contributed by atoms with van der Waals surface area (Å²) in [5.41, 5.74) is 1.74. The molecule has 0 saturated heterocycles. The van der Waals surface area contributed by atoms with Crippen molar-refractivity contribution >= 4 is 28.6 Å². The van der Waals surface area contributed by atoms with Crippen LogP contribution in [0.25, 0.3) is 11.1 Å². The molecule has 0 bridgehead atoms. The van der Waals surface area contributed by atoms with E-state index in [-0.39, 0.29) is 31.3 Å². The number of para-hydroxylation sites is 4. The Kier molecular flexibility index (Phi) is 4.60. The first-order valence-corrected chi connectivity index (χ1v) is 8.94. The normalized spacial score (nSPS) is 15.8. The summed E-state index contributed by atoms with van der Waals surface area (Å²) in [6, 6.07) is 14.1. The van der Waals surface area contributed by atoms with E-state index in [9.17, 15) is 14.4 Å². The highest BCUT2D eigenvalue weighted by Gasteiger charge is 2.33. The van der Waals surface area contributed by atoms with E-state index in [4.69, 9.17) is 9.15 Å². The average molecular weight is 381 g/mol. The van der Waals surface area contributed by atoms with E-state index in [0.29, 0.717) is 22.5 Å². The van der Waals surface area contributed by atoms with Crippen molar-refractivity contribution in [2.75, 3.05) is 18.5 Å². The van der Waals surface area contributed by atoms with Crippen molar-refractivity contribution in [3.8, 4) is 5.75 Å². The molecule has 1 N–H and O–H groups in total. The largest absolute Gasteiger partial charge is 0.477 e. The molecule has 1 aliphatic heterocycles. The van der Waals surface area contributed by atoms with E-state index >= 15 is 0 Å². The number of carbonyl (C=O) groups excluding carboxylic acids is 2. The number of rotatable bonds is 4. The Morgan fingerprint density at radius 1 is 1.14 bits per heavy atom. The molecular formula is C20H19N3O5. The molecule has 2 amide bonds. The number of ether oxygens (including phenoxy) is 1. The zero-order chi connectivity index (χ0) is 19.7. The van der Waals surface area contributed by atoms with Gasteiger partial charge in [-0.3, -0.25) is 14.2 Å². The van der Waals surface area contributed by atoms with Crippen LogP contribution in [0.1, 0.15) is 6.42 Å². The summed E-state index contributed by atoms with van der Waals surface area (Å²) in [5, 5.41) is 2.55. The van der Waals surface area contributed by atoms with Crippen LogP contribution < -0.4 is 20.7 Å². The van der Waals surface area contributed by atoms with E-state index in [1.54, 1.807) is 42.5 Å². The van der Waals surface area contributed by atoms with Gasteiger partial charge in [0.25, 0.3) is 5.91 Å². The van der Waals surface area contributed by atoms with Gasteiger partial charge in [0.2, 0.25) is 5.91 Å². The molecule has 0 radical (unpaired) electrons. The minimum absolute atomic E-state index is 0.0816. The van der Waals surface area contributed by atoms with E-state index in [0.717, 1.165) is 0 Å². The van der Waals surface area contributed by atoms with Crippen molar-refractivity contribution in [2.24, 2.45) is 0 Å². The number of amides is 2. The third-order valence-corrected chi connectivity index (χ3v) is 4.74. The quantitative estimate of drug-likeness (QED) is 0.740. The third kappa shape index (κ3) is 3.13. The highest BCUT2D eigenvalue weighted by atomic mass is 16.5. The van der Waals surface area contributed by atoms with Crippen LogP contribution in [0, 0.1) is 0 Å². The van der Waals surface area contributed by atoms with Gasteiger partial charge < -0.3 is 19.4 Å². The van der Waals surface area contributed by atoms with Gasteiger partial charge in [0.15, 0.2) is 11.7 Å². The molecule has 28 heavy (non-hydrogen) atoms. The molecule has 0 saturated carbocycles. The number of nitrogens with zero attached hydrogens (tertiary/aromatic N) is 2. The van der Waals surface area contributed by atoms with E-state index in [1.807, 2.05) is 6.07 Å². The highest BCUT2D eigenvalue weighted by Crippen LogP contribution is 2.33. The maximum atomic E-state index is 13.0. The molecule has 1 aliphatic rings. The number of carbonyl (C=O) groups is 2. The fraction of sp³-hybridized carbons (Fsp3) is 0.250. The van der Waals surface area contributed by atoms with Gasteiger partial charge in [-0.25, -0.2) is 4.79 Å². The number of hydrogen-bond acceptors (Lipinski definition) is 5. The Labute approximate surface area is 160 Å². The number of likely N-dealkylation sites (N-methyl/N-ethyl adjacent to an activating group) is 1. The molecule has 0 spiro atoms. The van der Waals surface area contributed by atoms with Crippen LogP contribution in [0.4, 0.5) is 5.69 Å². The summed E-state index contributed by atoms with van der Waals surface area (Å²) in [5.74, 6) is -0.535. The van der Waals surface area contributed by atoms with Gasteiger partial charge in [-0.1, -0.05) is 24.3 Å². The Morgan fingerprint density at radius 3 is 2.71 bits per heavy atom. The van der Waals surface area contributed by atoms with Crippen molar-refractivity contribution in [1.82, 2.24) is 9.88 Å². The van der Waals surface area contributed by atoms with E-state index < -0.39 is 11.9 Å². The molecule has 2 heterocycles. The SMILES string of the molecule is CNC(=O)[C@H]1CN(C(=O)CCn2c(=O)oc3ccccc32)c2ccccc2O1. The first-order chi connectivity index (χ1) is 13.6. The van der Waals surface area contributed by atoms with Gasteiger partial charge in [-0.05, 0) is 24.3 Å². The van der Waals surface area contributed by atoms with Crippen molar-refractivity contribution in [3.63, 3.8) is 0 Å². The summed E-state index contributed by atoms with van der Waals surface area (Å²) >= 11 is 0. The molecule has 144 valence electrons. The number of fused-ring (bicyclic) bond motifs is 2. The molecule has 0 unspecified atom stereocenters. The van der Waals surface area contributed by atoms with Crippen molar-refractivity contribution in [2.45, 2.75) is 19.1 Å². The molecular weight excluding hydrogens is 362 g/mol. The van der Waals surface area contributed by atoms with Crippen LogP contribution in [0.3, 0.4) is 0 Å². The smallest absolute Gasteiger partial charge is 0.419 e. The predicted molar refractivity (Wildman–Crippen MR) is 102 cm³/mol. The van der Waals surface area contributed by atoms with Crippen LogP contribution in [0.5, 0.6) is 5.75 Å². The minimum Gasteiger partial charge on any atom is -0.477 e. The second-order valence-electron chi connectivity index (χ2n) is 6.43. The number of anilines is 1. The molecule has 3 aromatic rings. The number of oxazole rings is 1. The molecule has 0 fully saturated rings. The number of aromatic nitrogens is 1. The van der Waals surface area contributed by atoms with Gasteiger partial charge in [-0.2, -0.15) is 0 Å². The first-order valence-electron chi connectivity index (χ1n) is 8.94. The first kappa shape index (κ1) is 17.8. The molecule has 8 heteroatoms. The van der Waals surface area contributed by atoms with Crippen molar-refractivity contribution in [3.05, 3.63) is 59.1 Å². The lowest BCUT2D eigenvalue weighted by atomic mass is 10.1. The van der Waals surface area contributed by atoms with E-state index in [1.165, 1.54) is 16.5 Å². The van der Waals surface area contributed by atoms with Crippen LogP contribution in [0.2, 0.25) is 0 Å². The molecule has 2 aromatic carbocycles. The predicted octanol–water partition coefficient (Wildman–Crippen LogP) is 1.52. The lowest BCUT2D eigenvalue weighted by Gasteiger charge is -2.34. The summed E-state index contributed by atoms with van der Waals surface area (Å²) in [7, 11) is 1.52. The molecule has 1 atom stereocenters. The van der Waals surface area contributed by atoms with Crippen LogP contribution in [-0.4, -0.2) is 36.1 Å². The third-order valence-electron chi connectivity index (χ3n) is 4.74. The second-order valence-corrected chi connectivity index (χ2v) is 6.43. The number of nitrogens with one attached hydrogen (secondary N) is 1. The van der Waals surface area contributed by atoms with Crippen LogP contribution in [0.15, 0.2) is 57.7 Å². The zero-order valence-corrected chi connectivity index (χ0v) is 15.3. The Morgan fingerprint density at radius 2 is 1.89 bits per heavy atom. The van der Waals surface area contributed by atoms with Crippen molar-refractivity contribution in [1.29, 1.82) is 0 Å². The molecule has 4 rings (SSSR count). The molecule has 8 nitrogen and oxygen atoms in total. The highest BCUT2D eigenvalue weighted by molar-refractivity contribution is 5.97. The lowest BCUT2D eigenvalue weighted by Crippen LogP contribution is -2.50. The zero-order valence-electron chi connectivity index (χ0n) is 15.3. The minimum atomic E-state index is -0.790. The second kappa shape index (κ2) is 7.22. The fourth-order valence-electron chi connectivity index (χ4n) is 3.34. The topological polar surface area (TPSA) is 93.8 Å². The van der Waals surface area contributed by atoms with Gasteiger partial charge >= 0.3 is 5.76 Å². The maximum Gasteiger partial charge on any atom is 0.419 e. The summed E-state index contributed by atoms with van der Waals surface area (Å²) < 4.78 is 12.4. The number of hydrogen-bond donors (Lipinski definition) is 1.